The summed E-state index contributed by atoms with van der Waals surface area (Å²) in [6.45, 7) is 3.97. The lowest BCUT2D eigenvalue weighted by Crippen LogP contribution is -2.61. The molecular formula is C23H33FO6. The first-order valence-corrected chi connectivity index (χ1v) is 11.0. The molecule has 4 aliphatic carbocycles. The molecule has 0 aromatic rings. The molecule has 0 aromatic heterocycles. The molecule has 0 radical (unpaired) electrons. The number of alkyl halides is 1. The minimum absolute atomic E-state index is 0.0135. The van der Waals surface area contributed by atoms with Crippen molar-refractivity contribution in [2.24, 2.45) is 28.6 Å². The second-order valence-corrected chi connectivity index (χ2v) is 10.2. The number of hydrogen-bond acceptors (Lipinski definition) is 6. The van der Waals surface area contributed by atoms with Gasteiger partial charge in [-0.1, -0.05) is 13.8 Å². The number of aliphatic hydroxyl groups is 2. The summed E-state index contributed by atoms with van der Waals surface area (Å²) >= 11 is 0. The number of Topliss-reactive ketones (excluding diaryl/α,β-unsaturated/α-hetero) is 1. The molecule has 4 aliphatic rings. The lowest BCUT2D eigenvalue weighted by atomic mass is 9.46. The molecule has 4 rings (SSSR count). The van der Waals surface area contributed by atoms with E-state index in [4.69, 9.17) is 9.47 Å². The van der Waals surface area contributed by atoms with Gasteiger partial charge in [-0.15, -0.1) is 0 Å². The lowest BCUT2D eigenvalue weighted by molar-refractivity contribution is -0.217. The third-order valence-electron chi connectivity index (χ3n) is 9.11. The SMILES string of the molecule is COCO[C@]1(C(=O)C(O)O)CC[C@H]2[C@@H]3CC(F)C4=CC(=O)CC[C@]4(C)[C@H]3CC[C@@]21C. The fourth-order valence-corrected chi connectivity index (χ4v) is 7.64. The van der Waals surface area contributed by atoms with Crippen LogP contribution < -0.4 is 0 Å². The number of ketones is 2. The van der Waals surface area contributed by atoms with Crippen LogP contribution >= 0.6 is 0 Å². The fraction of sp³-hybridized carbons (Fsp3) is 0.826. The summed E-state index contributed by atoms with van der Waals surface area (Å²) in [6, 6.07) is 0. The van der Waals surface area contributed by atoms with Crippen LogP contribution in [0.2, 0.25) is 0 Å². The normalized spacial score (nSPS) is 45.6. The van der Waals surface area contributed by atoms with E-state index >= 15 is 4.39 Å². The van der Waals surface area contributed by atoms with E-state index in [1.807, 2.05) is 6.92 Å². The van der Waals surface area contributed by atoms with Crippen LogP contribution in [-0.4, -0.2) is 53.7 Å². The van der Waals surface area contributed by atoms with E-state index in [1.54, 1.807) is 6.08 Å². The molecule has 3 fully saturated rings. The van der Waals surface area contributed by atoms with Crippen molar-refractivity contribution in [3.05, 3.63) is 11.6 Å². The monoisotopic (exact) mass is 424 g/mol. The molecule has 0 aliphatic heterocycles. The molecule has 0 spiro atoms. The van der Waals surface area contributed by atoms with Crippen molar-refractivity contribution < 1.29 is 33.7 Å². The summed E-state index contributed by atoms with van der Waals surface area (Å²) in [4.78, 5) is 25.0. The van der Waals surface area contributed by atoms with E-state index in [2.05, 4.69) is 6.92 Å². The molecule has 3 saturated carbocycles. The number of carbonyl (C=O) groups excluding carboxylic acids is 2. The highest BCUT2D eigenvalue weighted by Gasteiger charge is 2.69. The average molecular weight is 425 g/mol. The summed E-state index contributed by atoms with van der Waals surface area (Å²) in [7, 11) is 1.47. The number of rotatable bonds is 5. The molecule has 0 saturated heterocycles. The second-order valence-electron chi connectivity index (χ2n) is 10.2. The Balaban J connectivity index is 1.72. The van der Waals surface area contributed by atoms with Crippen molar-refractivity contribution >= 4 is 11.6 Å². The number of halogens is 1. The summed E-state index contributed by atoms with van der Waals surface area (Å²) in [5.74, 6) is -0.379. The first-order valence-electron chi connectivity index (χ1n) is 11.0. The maximum atomic E-state index is 15.4. The predicted octanol–water partition coefficient (Wildman–Crippen LogP) is 2.71. The second kappa shape index (κ2) is 7.47. The van der Waals surface area contributed by atoms with Gasteiger partial charge in [0.1, 0.15) is 18.6 Å². The number of allylic oxidation sites excluding steroid dienone is 1. The topological polar surface area (TPSA) is 93.1 Å². The lowest BCUT2D eigenvalue weighted by Gasteiger charge is -2.59. The predicted molar refractivity (Wildman–Crippen MR) is 106 cm³/mol. The van der Waals surface area contributed by atoms with Crippen molar-refractivity contribution in [3.8, 4) is 0 Å². The Bertz CT molecular complexity index is 765. The Kier molecular flexibility index (Phi) is 5.49. The fourth-order valence-electron chi connectivity index (χ4n) is 7.64. The minimum atomic E-state index is -2.12. The summed E-state index contributed by atoms with van der Waals surface area (Å²) in [5.41, 5.74) is -1.66. The van der Waals surface area contributed by atoms with Gasteiger partial charge in [-0.25, -0.2) is 4.39 Å². The van der Waals surface area contributed by atoms with Crippen LogP contribution in [0.1, 0.15) is 58.8 Å². The van der Waals surface area contributed by atoms with Crippen LogP contribution in [0.3, 0.4) is 0 Å². The van der Waals surface area contributed by atoms with Gasteiger partial charge in [0.2, 0.25) is 12.1 Å². The molecule has 7 atom stereocenters. The van der Waals surface area contributed by atoms with E-state index in [0.29, 0.717) is 44.1 Å². The van der Waals surface area contributed by atoms with Gasteiger partial charge in [0.05, 0.1) is 0 Å². The van der Waals surface area contributed by atoms with E-state index in [1.165, 1.54) is 7.11 Å². The van der Waals surface area contributed by atoms with Gasteiger partial charge in [-0.05, 0) is 73.3 Å². The molecule has 0 amide bonds. The molecule has 0 bridgehead atoms. The first kappa shape index (κ1) is 22.1. The quantitative estimate of drug-likeness (QED) is 0.659. The van der Waals surface area contributed by atoms with E-state index in [-0.39, 0.29) is 35.7 Å². The third kappa shape index (κ3) is 2.89. The molecule has 2 N–H and O–H groups in total. The van der Waals surface area contributed by atoms with Crippen molar-refractivity contribution in [1.29, 1.82) is 0 Å². The van der Waals surface area contributed by atoms with Gasteiger partial charge in [-0.3, -0.25) is 9.59 Å². The average Bonchev–Trinajstić information content (AvgIpc) is 3.00. The van der Waals surface area contributed by atoms with Gasteiger partial charge in [0, 0.05) is 18.9 Å². The number of aliphatic hydroxyl groups excluding tert-OH is 1. The van der Waals surface area contributed by atoms with E-state index in [9.17, 15) is 19.8 Å². The van der Waals surface area contributed by atoms with Crippen LogP contribution in [-0.2, 0) is 19.1 Å². The Hall–Kier alpha value is -1.15. The molecule has 6 nitrogen and oxygen atoms in total. The highest BCUT2D eigenvalue weighted by atomic mass is 19.1. The zero-order valence-corrected chi connectivity index (χ0v) is 18.0. The largest absolute Gasteiger partial charge is 0.362 e. The molecule has 0 heterocycles. The Morgan fingerprint density at radius 1 is 1.23 bits per heavy atom. The van der Waals surface area contributed by atoms with Crippen molar-refractivity contribution in [1.82, 2.24) is 0 Å². The minimum Gasteiger partial charge on any atom is -0.362 e. The zero-order valence-electron chi connectivity index (χ0n) is 18.0. The summed E-state index contributed by atoms with van der Waals surface area (Å²) in [6.07, 6.45) is 2.24. The van der Waals surface area contributed by atoms with Gasteiger partial charge in [0.25, 0.3) is 0 Å². The molecule has 1 unspecified atom stereocenters. The number of hydrogen-bond donors (Lipinski definition) is 2. The van der Waals surface area contributed by atoms with E-state index in [0.717, 1.165) is 6.42 Å². The van der Waals surface area contributed by atoms with Crippen molar-refractivity contribution in [2.45, 2.75) is 76.9 Å². The number of ether oxygens (including phenoxy) is 2. The standard InChI is InChI=1S/C23H33FO6/c1-21-7-4-13(25)10-17(21)18(24)11-14-15(21)5-8-22(2)16(14)6-9-23(22,30-12-29-3)19(26)20(27)28/h10,14-16,18,20,27-28H,4-9,11-12H2,1-3H3/t14-,15+,16+,18?,21-,22+,23+/m1/s1. The van der Waals surface area contributed by atoms with Crippen LogP contribution in [0.15, 0.2) is 11.6 Å². The maximum Gasteiger partial charge on any atom is 0.220 e. The van der Waals surface area contributed by atoms with Gasteiger partial charge in [0.15, 0.2) is 5.78 Å². The van der Waals surface area contributed by atoms with Gasteiger partial charge >= 0.3 is 0 Å². The van der Waals surface area contributed by atoms with Crippen LogP contribution in [0.4, 0.5) is 4.39 Å². The Morgan fingerprint density at radius 3 is 2.60 bits per heavy atom. The van der Waals surface area contributed by atoms with Gasteiger partial charge < -0.3 is 19.7 Å². The van der Waals surface area contributed by atoms with Crippen LogP contribution in [0, 0.1) is 28.6 Å². The van der Waals surface area contributed by atoms with Crippen molar-refractivity contribution in [3.63, 3.8) is 0 Å². The molecule has 30 heavy (non-hydrogen) atoms. The zero-order chi connectivity index (χ0) is 21.9. The number of carbonyl (C=O) groups is 2. The van der Waals surface area contributed by atoms with Crippen LogP contribution in [0.25, 0.3) is 0 Å². The summed E-state index contributed by atoms with van der Waals surface area (Å²) in [5, 5.41) is 19.5. The number of fused-ring (bicyclic) bond motifs is 5. The Labute approximate surface area is 176 Å². The highest BCUT2D eigenvalue weighted by Crippen LogP contribution is 2.68. The third-order valence-corrected chi connectivity index (χ3v) is 9.11. The number of methoxy groups -OCH3 is 1. The Morgan fingerprint density at radius 2 is 1.93 bits per heavy atom. The summed E-state index contributed by atoms with van der Waals surface area (Å²) < 4.78 is 26.4. The van der Waals surface area contributed by atoms with E-state index < -0.39 is 29.3 Å². The van der Waals surface area contributed by atoms with Crippen LogP contribution in [0.5, 0.6) is 0 Å². The maximum absolute atomic E-state index is 15.4. The molecular weight excluding hydrogens is 391 g/mol. The van der Waals surface area contributed by atoms with Crippen molar-refractivity contribution in [2.75, 3.05) is 13.9 Å². The molecule has 168 valence electrons. The molecule has 7 heteroatoms. The first-order chi connectivity index (χ1) is 14.1. The molecule has 0 aromatic carbocycles. The highest BCUT2D eigenvalue weighted by molar-refractivity contribution is 5.92. The van der Waals surface area contributed by atoms with Gasteiger partial charge in [-0.2, -0.15) is 0 Å². The smallest absolute Gasteiger partial charge is 0.220 e.